The Hall–Kier alpha value is -1.64. The van der Waals surface area contributed by atoms with Gasteiger partial charge in [-0.1, -0.05) is 17.9 Å². The summed E-state index contributed by atoms with van der Waals surface area (Å²) >= 11 is 0. The molecule has 0 aliphatic heterocycles. The summed E-state index contributed by atoms with van der Waals surface area (Å²) in [6.07, 6.45) is 1.59. The van der Waals surface area contributed by atoms with E-state index >= 15 is 0 Å². The van der Waals surface area contributed by atoms with E-state index in [2.05, 4.69) is 17.2 Å². The quantitative estimate of drug-likeness (QED) is 0.761. The molecule has 0 aliphatic rings. The molecule has 1 unspecified atom stereocenters. The van der Waals surface area contributed by atoms with Crippen LogP contribution in [0.2, 0.25) is 0 Å². The Morgan fingerprint density at radius 2 is 2.28 bits per heavy atom. The summed E-state index contributed by atoms with van der Waals surface area (Å²) in [6.45, 7) is 0.174. The predicted octanol–water partition coefficient (Wildman–Crippen LogP) is 0.139. The van der Waals surface area contributed by atoms with Crippen molar-refractivity contribution in [3.63, 3.8) is 0 Å². The fraction of sp³-hybridized carbons (Fsp3) is 0.308. The van der Waals surface area contributed by atoms with Gasteiger partial charge in [0.25, 0.3) is 5.91 Å². The Kier molecular flexibility index (Phi) is 6.12. The highest BCUT2D eigenvalue weighted by molar-refractivity contribution is 7.84. The molecule has 1 aromatic rings. The van der Waals surface area contributed by atoms with Crippen LogP contribution in [0.3, 0.4) is 0 Å². The van der Waals surface area contributed by atoms with E-state index in [0.717, 1.165) is 0 Å². The molecule has 4 nitrogen and oxygen atoms in total. The summed E-state index contributed by atoms with van der Waals surface area (Å²) < 4.78 is 10.9. The van der Waals surface area contributed by atoms with Gasteiger partial charge in [0, 0.05) is 40.5 Å². The first-order chi connectivity index (χ1) is 8.63. The number of carbonyl (C=O) groups excluding carboxylic acids is 1. The molecule has 1 aromatic carbocycles. The molecule has 5 heteroatoms. The zero-order chi connectivity index (χ0) is 13.4. The lowest BCUT2D eigenvalue weighted by atomic mass is 10.1. The fourth-order valence-electron chi connectivity index (χ4n) is 1.29. The van der Waals surface area contributed by atoms with Gasteiger partial charge >= 0.3 is 0 Å². The van der Waals surface area contributed by atoms with E-state index in [-0.39, 0.29) is 12.5 Å². The minimum Gasteiger partial charge on any atom is -0.384 e. The molecule has 0 saturated carbocycles. The van der Waals surface area contributed by atoms with E-state index in [9.17, 15) is 9.00 Å². The van der Waals surface area contributed by atoms with E-state index in [1.165, 1.54) is 0 Å². The van der Waals surface area contributed by atoms with Crippen molar-refractivity contribution in [2.24, 2.45) is 0 Å². The topological polar surface area (TPSA) is 66.4 Å². The number of amides is 1. The van der Waals surface area contributed by atoms with Crippen molar-refractivity contribution < 1.29 is 14.1 Å². The number of aliphatic hydroxyl groups is 1. The lowest BCUT2D eigenvalue weighted by molar-refractivity contribution is 0.0956. The second-order valence-electron chi connectivity index (χ2n) is 3.57. The molecule has 18 heavy (non-hydrogen) atoms. The van der Waals surface area contributed by atoms with Crippen LogP contribution in [-0.2, 0) is 10.8 Å². The van der Waals surface area contributed by atoms with Crippen molar-refractivity contribution in [3.05, 3.63) is 35.4 Å². The Balaban J connectivity index is 2.65. The number of aliphatic hydroxyl groups excluding tert-OH is 1. The minimum absolute atomic E-state index is 0.210. The van der Waals surface area contributed by atoms with Gasteiger partial charge in [0.05, 0.1) is 0 Å². The van der Waals surface area contributed by atoms with Gasteiger partial charge in [-0.3, -0.25) is 9.00 Å². The predicted molar refractivity (Wildman–Crippen MR) is 71.7 cm³/mol. The van der Waals surface area contributed by atoms with Gasteiger partial charge in [0.2, 0.25) is 0 Å². The molecule has 0 radical (unpaired) electrons. The second kappa shape index (κ2) is 7.64. The number of benzene rings is 1. The molecule has 2 N–H and O–H groups in total. The van der Waals surface area contributed by atoms with Crippen molar-refractivity contribution in [1.29, 1.82) is 0 Å². The molecule has 0 saturated heterocycles. The average Bonchev–Trinajstić information content (AvgIpc) is 2.36. The standard InChI is InChI=1S/C13H15NO3S/c1-18(17)9-7-14-13(16)12-6-2-4-11(10-12)5-3-8-15/h2,4,6,10,15H,7-9H2,1H3,(H,14,16). The largest absolute Gasteiger partial charge is 0.384 e. The first-order valence-electron chi connectivity index (χ1n) is 5.41. The summed E-state index contributed by atoms with van der Waals surface area (Å²) in [4.78, 5) is 11.7. The van der Waals surface area contributed by atoms with Crippen LogP contribution < -0.4 is 5.32 Å². The summed E-state index contributed by atoms with van der Waals surface area (Å²) in [5, 5.41) is 11.3. The zero-order valence-electron chi connectivity index (χ0n) is 10.1. The smallest absolute Gasteiger partial charge is 0.251 e. The molecular formula is C13H15NO3S. The normalized spacial score (nSPS) is 11.2. The van der Waals surface area contributed by atoms with E-state index in [1.807, 2.05) is 0 Å². The lowest BCUT2D eigenvalue weighted by Crippen LogP contribution is -2.27. The molecule has 0 aromatic heterocycles. The van der Waals surface area contributed by atoms with Gasteiger partial charge in [-0.25, -0.2) is 0 Å². The van der Waals surface area contributed by atoms with Crippen LogP contribution in [0.4, 0.5) is 0 Å². The highest BCUT2D eigenvalue weighted by atomic mass is 32.2. The van der Waals surface area contributed by atoms with Gasteiger partial charge in [-0.05, 0) is 18.2 Å². The Labute approximate surface area is 109 Å². The van der Waals surface area contributed by atoms with E-state index < -0.39 is 10.8 Å². The van der Waals surface area contributed by atoms with Crippen LogP contribution in [0.1, 0.15) is 15.9 Å². The van der Waals surface area contributed by atoms with Gasteiger partial charge in [0.1, 0.15) is 6.61 Å². The molecule has 0 bridgehead atoms. The molecule has 0 spiro atoms. The first-order valence-corrected chi connectivity index (χ1v) is 7.14. The van der Waals surface area contributed by atoms with Crippen molar-refractivity contribution in [2.45, 2.75) is 0 Å². The number of hydrogen-bond acceptors (Lipinski definition) is 3. The van der Waals surface area contributed by atoms with Crippen molar-refractivity contribution >= 4 is 16.7 Å². The van der Waals surface area contributed by atoms with Crippen LogP contribution in [0.25, 0.3) is 0 Å². The molecule has 1 rings (SSSR count). The average molecular weight is 265 g/mol. The van der Waals surface area contributed by atoms with Crippen LogP contribution in [0.15, 0.2) is 24.3 Å². The number of nitrogens with one attached hydrogen (secondary N) is 1. The van der Waals surface area contributed by atoms with Gasteiger partial charge in [-0.2, -0.15) is 0 Å². The van der Waals surface area contributed by atoms with E-state index in [4.69, 9.17) is 5.11 Å². The zero-order valence-corrected chi connectivity index (χ0v) is 10.9. The maximum absolute atomic E-state index is 11.7. The van der Waals surface area contributed by atoms with Crippen LogP contribution in [0, 0.1) is 11.8 Å². The molecule has 0 heterocycles. The molecule has 1 atom stereocenters. The molecule has 96 valence electrons. The highest BCUT2D eigenvalue weighted by Crippen LogP contribution is 2.03. The maximum Gasteiger partial charge on any atom is 0.251 e. The van der Waals surface area contributed by atoms with Crippen LogP contribution in [-0.4, -0.2) is 40.4 Å². The second-order valence-corrected chi connectivity index (χ2v) is 5.13. The molecule has 0 fully saturated rings. The SMILES string of the molecule is CS(=O)CCNC(=O)c1cccc(C#CCO)c1. The maximum atomic E-state index is 11.7. The lowest BCUT2D eigenvalue weighted by Gasteiger charge is -2.04. The Morgan fingerprint density at radius 3 is 2.94 bits per heavy atom. The van der Waals surface area contributed by atoms with Crippen molar-refractivity contribution in [2.75, 3.05) is 25.2 Å². The fourth-order valence-corrected chi connectivity index (χ4v) is 1.68. The third kappa shape index (κ3) is 5.13. The van der Waals surface area contributed by atoms with Crippen molar-refractivity contribution in [3.8, 4) is 11.8 Å². The number of rotatable bonds is 4. The monoisotopic (exact) mass is 265 g/mol. The van der Waals surface area contributed by atoms with Crippen LogP contribution in [0.5, 0.6) is 0 Å². The van der Waals surface area contributed by atoms with Gasteiger partial charge in [0.15, 0.2) is 0 Å². The molecule has 1 amide bonds. The highest BCUT2D eigenvalue weighted by Gasteiger charge is 2.05. The van der Waals surface area contributed by atoms with Crippen molar-refractivity contribution in [1.82, 2.24) is 5.32 Å². The minimum atomic E-state index is -0.912. The summed E-state index contributed by atoms with van der Waals surface area (Å²) in [7, 11) is -0.912. The molecular weight excluding hydrogens is 250 g/mol. The summed E-state index contributed by atoms with van der Waals surface area (Å²) in [6, 6.07) is 6.83. The van der Waals surface area contributed by atoms with Crippen LogP contribution >= 0.6 is 0 Å². The Bertz CT molecular complexity index is 502. The third-order valence-electron chi connectivity index (χ3n) is 2.11. The Morgan fingerprint density at radius 1 is 1.50 bits per heavy atom. The number of carbonyl (C=O) groups is 1. The summed E-state index contributed by atoms with van der Waals surface area (Å²) in [5.74, 6) is 5.48. The van der Waals surface area contributed by atoms with E-state index in [0.29, 0.717) is 23.4 Å². The van der Waals surface area contributed by atoms with Gasteiger partial charge < -0.3 is 10.4 Å². The van der Waals surface area contributed by atoms with E-state index in [1.54, 1.807) is 30.5 Å². The first kappa shape index (κ1) is 14.4. The summed E-state index contributed by atoms with van der Waals surface area (Å²) in [5.41, 5.74) is 1.18. The van der Waals surface area contributed by atoms with Gasteiger partial charge in [-0.15, -0.1) is 0 Å². The third-order valence-corrected chi connectivity index (χ3v) is 2.89. The molecule has 0 aliphatic carbocycles. The number of hydrogen-bond donors (Lipinski definition) is 2.